The molecule has 94 valence electrons. The molecular formula is C13H11F2NO2. The summed E-state index contributed by atoms with van der Waals surface area (Å²) in [6, 6.07) is 3.63. The molecule has 0 unspecified atom stereocenters. The van der Waals surface area contributed by atoms with Gasteiger partial charge >= 0.3 is 0 Å². The Labute approximate surface area is 102 Å². The molecule has 3 rings (SSSR count). The van der Waals surface area contributed by atoms with Crippen LogP contribution in [0.3, 0.4) is 0 Å². The predicted molar refractivity (Wildman–Crippen MR) is 63.3 cm³/mol. The molecule has 1 saturated carbocycles. The lowest BCUT2D eigenvalue weighted by Gasteiger charge is -2.13. The lowest BCUT2D eigenvalue weighted by Crippen LogP contribution is -2.10. The highest BCUT2D eigenvalue weighted by atomic mass is 19.1. The first-order valence-corrected chi connectivity index (χ1v) is 5.65. The quantitative estimate of drug-likeness (QED) is 0.820. The van der Waals surface area contributed by atoms with Crippen LogP contribution in [-0.2, 0) is 0 Å². The van der Waals surface area contributed by atoms with E-state index in [1.807, 2.05) is 0 Å². The molecule has 0 aliphatic heterocycles. The summed E-state index contributed by atoms with van der Waals surface area (Å²) in [5.41, 5.74) is 0.103. The van der Waals surface area contributed by atoms with Crippen molar-refractivity contribution in [3.63, 3.8) is 0 Å². The van der Waals surface area contributed by atoms with E-state index >= 15 is 0 Å². The highest BCUT2D eigenvalue weighted by molar-refractivity contribution is 5.85. The summed E-state index contributed by atoms with van der Waals surface area (Å²) >= 11 is 0. The molecule has 18 heavy (non-hydrogen) atoms. The maximum absolute atomic E-state index is 13.7. The number of nitrogens with zero attached hydrogens (tertiary/aromatic N) is 1. The molecule has 2 atom stereocenters. The minimum absolute atomic E-state index is 0.00991. The standard InChI is InChI=1S/C13H11F2NO2/c1-18-13-8(14)3-2-7-11(17)4-5-16(12(7)13)10-6-9(10)15/h2-5,9-10H,6H2,1H3/t9-,10+/m0/s1. The van der Waals surface area contributed by atoms with E-state index in [9.17, 15) is 13.6 Å². The molecule has 0 amide bonds. The molecule has 1 aromatic carbocycles. The fourth-order valence-electron chi connectivity index (χ4n) is 2.22. The molecule has 3 nitrogen and oxygen atoms in total. The second-order valence-corrected chi connectivity index (χ2v) is 4.38. The fourth-order valence-corrected chi connectivity index (χ4v) is 2.22. The van der Waals surface area contributed by atoms with E-state index in [0.29, 0.717) is 17.3 Å². The molecule has 0 bridgehead atoms. The Balaban J connectivity index is 2.40. The van der Waals surface area contributed by atoms with Crippen LogP contribution in [0.15, 0.2) is 29.2 Å². The van der Waals surface area contributed by atoms with Gasteiger partial charge < -0.3 is 9.30 Å². The summed E-state index contributed by atoms with van der Waals surface area (Å²) < 4.78 is 33.5. The van der Waals surface area contributed by atoms with Crippen molar-refractivity contribution in [3.8, 4) is 5.75 Å². The van der Waals surface area contributed by atoms with Crippen molar-refractivity contribution in [1.82, 2.24) is 4.57 Å². The topological polar surface area (TPSA) is 31.2 Å². The summed E-state index contributed by atoms with van der Waals surface area (Å²) in [7, 11) is 1.33. The number of hydrogen-bond donors (Lipinski definition) is 0. The summed E-state index contributed by atoms with van der Waals surface area (Å²) in [5, 5.41) is 0.342. The molecule has 0 saturated heterocycles. The van der Waals surface area contributed by atoms with Crippen LogP contribution in [0.5, 0.6) is 5.75 Å². The molecule has 1 fully saturated rings. The van der Waals surface area contributed by atoms with E-state index in [4.69, 9.17) is 4.74 Å². The maximum atomic E-state index is 13.7. The van der Waals surface area contributed by atoms with E-state index in [1.165, 1.54) is 31.5 Å². The molecule has 0 radical (unpaired) electrons. The second kappa shape index (κ2) is 3.80. The Morgan fingerprint density at radius 2 is 2.11 bits per heavy atom. The lowest BCUT2D eigenvalue weighted by atomic mass is 10.2. The highest BCUT2D eigenvalue weighted by Gasteiger charge is 2.40. The van der Waals surface area contributed by atoms with Gasteiger partial charge in [0.25, 0.3) is 0 Å². The van der Waals surface area contributed by atoms with Gasteiger partial charge in [0, 0.05) is 24.1 Å². The van der Waals surface area contributed by atoms with Gasteiger partial charge in [-0.15, -0.1) is 0 Å². The number of hydrogen-bond acceptors (Lipinski definition) is 2. The van der Waals surface area contributed by atoms with Gasteiger partial charge in [0.1, 0.15) is 6.17 Å². The first-order chi connectivity index (χ1) is 8.63. The Morgan fingerprint density at radius 1 is 1.39 bits per heavy atom. The van der Waals surface area contributed by atoms with Crippen molar-refractivity contribution < 1.29 is 13.5 Å². The van der Waals surface area contributed by atoms with Gasteiger partial charge in [0.2, 0.25) is 0 Å². The summed E-state index contributed by atoms with van der Waals surface area (Å²) in [6.07, 6.45) is 0.942. The van der Waals surface area contributed by atoms with Crippen LogP contribution < -0.4 is 10.2 Å². The van der Waals surface area contributed by atoms with Crippen LogP contribution in [-0.4, -0.2) is 17.8 Å². The molecule has 0 spiro atoms. The molecule has 1 heterocycles. The zero-order valence-electron chi connectivity index (χ0n) is 9.69. The van der Waals surface area contributed by atoms with Crippen LogP contribution >= 0.6 is 0 Å². The zero-order valence-corrected chi connectivity index (χ0v) is 9.69. The normalized spacial score (nSPS) is 22.2. The smallest absolute Gasteiger partial charge is 0.189 e. The van der Waals surface area contributed by atoms with Crippen molar-refractivity contribution in [2.24, 2.45) is 0 Å². The van der Waals surface area contributed by atoms with Crippen molar-refractivity contribution in [2.75, 3.05) is 7.11 Å². The monoisotopic (exact) mass is 251 g/mol. The van der Waals surface area contributed by atoms with Crippen LogP contribution in [0.2, 0.25) is 0 Å². The van der Waals surface area contributed by atoms with Gasteiger partial charge in [-0.2, -0.15) is 0 Å². The maximum Gasteiger partial charge on any atom is 0.189 e. The Hall–Kier alpha value is -1.91. The van der Waals surface area contributed by atoms with E-state index in [1.54, 1.807) is 4.57 Å². The van der Waals surface area contributed by atoms with Crippen molar-refractivity contribution in [2.45, 2.75) is 18.6 Å². The zero-order chi connectivity index (χ0) is 12.9. The fraction of sp³-hybridized carbons (Fsp3) is 0.308. The predicted octanol–water partition coefficient (Wildman–Crippen LogP) is 2.43. The number of pyridine rings is 1. The second-order valence-electron chi connectivity index (χ2n) is 4.38. The Kier molecular flexibility index (Phi) is 2.36. The van der Waals surface area contributed by atoms with Gasteiger partial charge in [0.05, 0.1) is 18.7 Å². The van der Waals surface area contributed by atoms with Gasteiger partial charge in [-0.05, 0) is 12.1 Å². The highest BCUT2D eigenvalue weighted by Crippen LogP contribution is 2.42. The first-order valence-electron chi connectivity index (χ1n) is 5.65. The third kappa shape index (κ3) is 1.50. The minimum atomic E-state index is -0.941. The number of fused-ring (bicyclic) bond motifs is 1. The van der Waals surface area contributed by atoms with Crippen LogP contribution in [0, 0.1) is 5.82 Å². The molecule has 1 aliphatic carbocycles. The number of aromatic nitrogens is 1. The Bertz CT molecular complexity index is 680. The molecule has 0 N–H and O–H groups in total. The first kappa shape index (κ1) is 11.2. The van der Waals surface area contributed by atoms with Crippen molar-refractivity contribution >= 4 is 10.9 Å². The number of methoxy groups -OCH3 is 1. The van der Waals surface area contributed by atoms with E-state index in [-0.39, 0.29) is 17.2 Å². The summed E-state index contributed by atoms with van der Waals surface area (Å²) in [5.74, 6) is -0.565. The Morgan fingerprint density at radius 3 is 2.72 bits per heavy atom. The van der Waals surface area contributed by atoms with Gasteiger partial charge in [-0.1, -0.05) is 0 Å². The third-order valence-corrected chi connectivity index (χ3v) is 3.24. The van der Waals surface area contributed by atoms with E-state index in [2.05, 4.69) is 0 Å². The average molecular weight is 251 g/mol. The van der Waals surface area contributed by atoms with Crippen LogP contribution in [0.4, 0.5) is 8.78 Å². The minimum Gasteiger partial charge on any atom is -0.492 e. The molecule has 2 aromatic rings. The number of benzene rings is 1. The van der Waals surface area contributed by atoms with Crippen molar-refractivity contribution in [3.05, 3.63) is 40.4 Å². The van der Waals surface area contributed by atoms with Crippen LogP contribution in [0.1, 0.15) is 12.5 Å². The van der Waals surface area contributed by atoms with Gasteiger partial charge in [-0.3, -0.25) is 4.79 Å². The lowest BCUT2D eigenvalue weighted by molar-refractivity contribution is 0.387. The van der Waals surface area contributed by atoms with Gasteiger partial charge in [-0.25, -0.2) is 8.78 Å². The number of halogens is 2. The molecule has 1 aromatic heterocycles. The third-order valence-electron chi connectivity index (χ3n) is 3.24. The number of rotatable bonds is 2. The number of ether oxygens (including phenoxy) is 1. The van der Waals surface area contributed by atoms with Gasteiger partial charge in [0.15, 0.2) is 17.0 Å². The molecule has 1 aliphatic rings. The van der Waals surface area contributed by atoms with E-state index < -0.39 is 12.0 Å². The van der Waals surface area contributed by atoms with E-state index in [0.717, 1.165) is 0 Å². The SMILES string of the molecule is COc1c(F)ccc2c(=O)ccn([C@@H]3C[C@@H]3F)c12. The van der Waals surface area contributed by atoms with Crippen LogP contribution in [0.25, 0.3) is 10.9 Å². The summed E-state index contributed by atoms with van der Waals surface area (Å²) in [4.78, 5) is 11.7. The number of alkyl halides is 1. The summed E-state index contributed by atoms with van der Waals surface area (Å²) in [6.45, 7) is 0. The van der Waals surface area contributed by atoms with Crippen molar-refractivity contribution in [1.29, 1.82) is 0 Å². The largest absolute Gasteiger partial charge is 0.492 e. The average Bonchev–Trinajstić information content (AvgIpc) is 3.06. The molecular weight excluding hydrogens is 240 g/mol. The molecule has 5 heteroatoms.